The fraction of sp³-hybridized carbons (Fsp3) is 0.227. The molecule has 4 aromatic rings. The van der Waals surface area contributed by atoms with Crippen LogP contribution in [0.2, 0.25) is 0 Å². The highest BCUT2D eigenvalue weighted by molar-refractivity contribution is 5.90. The normalized spacial score (nSPS) is 14.3. The van der Waals surface area contributed by atoms with E-state index in [0.29, 0.717) is 34.0 Å². The van der Waals surface area contributed by atoms with Gasteiger partial charge >= 0.3 is 0 Å². The number of nitrogens with one attached hydrogen (secondary N) is 4. The number of rotatable bonds is 3. The maximum absolute atomic E-state index is 12.7. The molecule has 2 aromatic heterocycles. The first kappa shape index (κ1) is 17.5. The molecule has 0 bridgehead atoms. The number of H-pyrrole nitrogens is 3. The van der Waals surface area contributed by atoms with Gasteiger partial charge in [-0.3, -0.25) is 15.0 Å². The van der Waals surface area contributed by atoms with Gasteiger partial charge in [0.05, 0.1) is 16.4 Å². The Bertz CT molecular complexity index is 1280. The molecule has 0 aliphatic heterocycles. The molecule has 146 valence electrons. The molecule has 4 N–H and O–H groups in total. The largest absolute Gasteiger partial charge is 0.321 e. The molecular weight excluding hydrogens is 364 g/mol. The van der Waals surface area contributed by atoms with Crippen LogP contribution in [0.1, 0.15) is 37.3 Å². The zero-order chi connectivity index (χ0) is 19.6. The summed E-state index contributed by atoms with van der Waals surface area (Å²) < 4.78 is 0. The van der Waals surface area contributed by atoms with Crippen LogP contribution in [0.5, 0.6) is 0 Å². The van der Waals surface area contributed by atoms with Crippen LogP contribution in [0.25, 0.3) is 21.8 Å². The van der Waals surface area contributed by atoms with Gasteiger partial charge in [0.25, 0.3) is 5.56 Å². The molecular formula is C22H22N6O. The van der Waals surface area contributed by atoms with Crippen LogP contribution >= 0.6 is 0 Å². The molecule has 7 nitrogen and oxygen atoms in total. The van der Waals surface area contributed by atoms with Crippen molar-refractivity contribution >= 4 is 33.4 Å². The smallest absolute Gasteiger partial charge is 0.257 e. The van der Waals surface area contributed by atoms with Crippen LogP contribution in [-0.4, -0.2) is 25.4 Å². The van der Waals surface area contributed by atoms with Crippen molar-refractivity contribution in [3.05, 3.63) is 70.6 Å². The Kier molecular flexibility index (Phi) is 4.48. The number of fused-ring (bicyclic) bond motifs is 2. The first-order valence-electron chi connectivity index (χ1n) is 9.94. The minimum absolute atomic E-state index is 0.180. The second-order valence-corrected chi connectivity index (χ2v) is 7.43. The van der Waals surface area contributed by atoms with E-state index in [1.54, 1.807) is 6.07 Å². The molecule has 0 unspecified atom stereocenters. The van der Waals surface area contributed by atoms with Gasteiger partial charge in [-0.25, -0.2) is 0 Å². The lowest BCUT2D eigenvalue weighted by atomic mass is 10.0. The number of benzene rings is 2. The molecule has 0 amide bonds. The van der Waals surface area contributed by atoms with Gasteiger partial charge in [0, 0.05) is 23.1 Å². The second kappa shape index (κ2) is 7.43. The van der Waals surface area contributed by atoms with Crippen LogP contribution < -0.4 is 10.9 Å². The van der Waals surface area contributed by atoms with Crippen molar-refractivity contribution in [2.24, 2.45) is 0 Å². The summed E-state index contributed by atoms with van der Waals surface area (Å²) in [5, 5.41) is 19.8. The molecule has 0 saturated heterocycles. The molecule has 5 rings (SSSR count). The van der Waals surface area contributed by atoms with Gasteiger partial charge in [0.1, 0.15) is 0 Å². The van der Waals surface area contributed by atoms with Crippen LogP contribution in [0.4, 0.5) is 11.6 Å². The third kappa shape index (κ3) is 3.47. The maximum atomic E-state index is 12.7. The average Bonchev–Trinajstić information content (AvgIpc) is 3.43. The first-order valence-corrected chi connectivity index (χ1v) is 9.94. The molecule has 1 aliphatic carbocycles. The Morgan fingerprint density at radius 3 is 2.41 bits per heavy atom. The number of para-hydroxylation sites is 2. The summed E-state index contributed by atoms with van der Waals surface area (Å²) in [6.45, 7) is 0. The summed E-state index contributed by atoms with van der Waals surface area (Å²) in [6, 6.07) is 17.0. The summed E-state index contributed by atoms with van der Waals surface area (Å²) in [7, 11) is 0. The molecule has 2 heterocycles. The van der Waals surface area contributed by atoms with Crippen LogP contribution in [0.3, 0.4) is 0 Å². The van der Waals surface area contributed by atoms with Crippen molar-refractivity contribution in [3.63, 3.8) is 0 Å². The Hall–Kier alpha value is -3.61. The summed E-state index contributed by atoms with van der Waals surface area (Å²) in [5.74, 6) is 1.85. The van der Waals surface area contributed by atoms with Gasteiger partial charge in [-0.05, 0) is 37.1 Å². The van der Waals surface area contributed by atoms with Crippen molar-refractivity contribution < 1.29 is 0 Å². The standard InChI is InChI=1S/C22H22N6O/c29-22-16-10-4-6-12-18(16)25-28-21(15-9-3-5-11-17(15)23-22)24-20-13-19(26-27-20)14-7-1-2-8-14/h3-6,9-14,25H,1-2,7-8H2,(H,23,29)(H2,24,26,27,28). The Morgan fingerprint density at radius 2 is 1.59 bits per heavy atom. The van der Waals surface area contributed by atoms with E-state index >= 15 is 0 Å². The van der Waals surface area contributed by atoms with E-state index in [0.717, 1.165) is 11.1 Å². The van der Waals surface area contributed by atoms with Gasteiger partial charge < -0.3 is 10.3 Å². The Morgan fingerprint density at radius 1 is 0.862 bits per heavy atom. The van der Waals surface area contributed by atoms with Gasteiger partial charge in [-0.1, -0.05) is 37.1 Å². The van der Waals surface area contributed by atoms with E-state index in [-0.39, 0.29) is 5.56 Å². The predicted octanol–water partition coefficient (Wildman–Crippen LogP) is 4.65. The zero-order valence-electron chi connectivity index (χ0n) is 15.9. The predicted molar refractivity (Wildman–Crippen MR) is 115 cm³/mol. The number of aromatic amines is 3. The minimum atomic E-state index is -0.180. The SMILES string of the molecule is O=c1[nH]c2ccccc2c(Nc2cc(C3CCCC3)[nH]n2)n[nH]c2ccccc12. The van der Waals surface area contributed by atoms with Gasteiger partial charge in [-0.15, -0.1) is 0 Å². The number of anilines is 2. The molecule has 7 heteroatoms. The number of hydrogen-bond donors (Lipinski definition) is 4. The van der Waals surface area contributed by atoms with Crippen molar-refractivity contribution in [2.75, 3.05) is 5.32 Å². The highest BCUT2D eigenvalue weighted by Crippen LogP contribution is 2.34. The minimum Gasteiger partial charge on any atom is -0.321 e. The highest BCUT2D eigenvalue weighted by atomic mass is 16.1. The molecule has 0 atom stereocenters. The summed E-state index contributed by atoms with van der Waals surface area (Å²) in [5.41, 5.74) is 2.31. The van der Waals surface area contributed by atoms with E-state index in [1.165, 1.54) is 25.7 Å². The lowest BCUT2D eigenvalue weighted by Gasteiger charge is -2.04. The molecule has 1 fully saturated rings. The Labute approximate surface area is 166 Å². The maximum Gasteiger partial charge on any atom is 0.257 e. The zero-order valence-corrected chi connectivity index (χ0v) is 15.9. The second-order valence-electron chi connectivity index (χ2n) is 7.43. The lowest BCUT2D eigenvalue weighted by Crippen LogP contribution is -2.02. The monoisotopic (exact) mass is 386 g/mol. The lowest BCUT2D eigenvalue weighted by molar-refractivity contribution is 0.693. The van der Waals surface area contributed by atoms with Crippen molar-refractivity contribution in [1.82, 2.24) is 25.4 Å². The quantitative estimate of drug-likeness (QED) is 0.411. The third-order valence-corrected chi connectivity index (χ3v) is 5.53. The van der Waals surface area contributed by atoms with Crippen molar-refractivity contribution in [2.45, 2.75) is 31.6 Å². The molecule has 1 aliphatic rings. The van der Waals surface area contributed by atoms with E-state index in [9.17, 15) is 4.79 Å². The fourth-order valence-electron chi connectivity index (χ4n) is 4.01. The summed E-state index contributed by atoms with van der Waals surface area (Å²) in [4.78, 5) is 15.7. The Balaban J connectivity index is 1.66. The van der Waals surface area contributed by atoms with Gasteiger partial charge in [-0.2, -0.15) is 10.2 Å². The fourth-order valence-corrected chi connectivity index (χ4v) is 4.01. The molecule has 1 saturated carbocycles. The number of aromatic nitrogens is 5. The summed E-state index contributed by atoms with van der Waals surface area (Å²) in [6.07, 6.45) is 4.96. The van der Waals surface area contributed by atoms with Crippen molar-refractivity contribution in [3.8, 4) is 0 Å². The van der Waals surface area contributed by atoms with E-state index in [1.807, 2.05) is 42.5 Å². The van der Waals surface area contributed by atoms with E-state index in [4.69, 9.17) is 0 Å². The van der Waals surface area contributed by atoms with E-state index < -0.39 is 0 Å². The number of hydrogen-bond acceptors (Lipinski definition) is 4. The topological polar surface area (TPSA) is 102 Å². The van der Waals surface area contributed by atoms with Crippen molar-refractivity contribution in [1.29, 1.82) is 0 Å². The summed E-state index contributed by atoms with van der Waals surface area (Å²) >= 11 is 0. The third-order valence-electron chi connectivity index (χ3n) is 5.53. The highest BCUT2D eigenvalue weighted by Gasteiger charge is 2.19. The van der Waals surface area contributed by atoms with Crippen LogP contribution in [-0.2, 0) is 0 Å². The number of nitrogens with zero attached hydrogens (tertiary/aromatic N) is 2. The molecule has 0 radical (unpaired) electrons. The van der Waals surface area contributed by atoms with Gasteiger partial charge in [0.15, 0.2) is 11.6 Å². The van der Waals surface area contributed by atoms with Crippen LogP contribution in [0, 0.1) is 0 Å². The molecule has 29 heavy (non-hydrogen) atoms. The average molecular weight is 386 g/mol. The van der Waals surface area contributed by atoms with Crippen LogP contribution in [0.15, 0.2) is 59.4 Å². The first-order chi connectivity index (χ1) is 14.3. The molecule has 0 spiro atoms. The van der Waals surface area contributed by atoms with E-state index in [2.05, 4.69) is 36.8 Å². The van der Waals surface area contributed by atoms with Gasteiger partial charge in [0.2, 0.25) is 0 Å². The molecule has 2 aromatic carbocycles.